The summed E-state index contributed by atoms with van der Waals surface area (Å²) in [4.78, 5) is 4.16. The summed E-state index contributed by atoms with van der Waals surface area (Å²) in [5.41, 5.74) is 1.07. The zero-order chi connectivity index (χ0) is 16.9. The summed E-state index contributed by atoms with van der Waals surface area (Å²) in [7, 11) is 5.02. The molecule has 0 aromatic heterocycles. The number of benzene rings is 1. The predicted octanol–water partition coefficient (Wildman–Crippen LogP) is 2.34. The Morgan fingerprint density at radius 1 is 1.12 bits per heavy atom. The molecule has 1 aromatic carbocycles. The highest BCUT2D eigenvalue weighted by molar-refractivity contribution is 14.0. The minimum atomic E-state index is 0. The molecule has 0 saturated carbocycles. The van der Waals surface area contributed by atoms with E-state index in [1.54, 1.807) is 21.3 Å². The van der Waals surface area contributed by atoms with E-state index in [9.17, 15) is 0 Å². The van der Waals surface area contributed by atoms with Crippen molar-refractivity contribution in [2.24, 2.45) is 4.99 Å². The van der Waals surface area contributed by atoms with Gasteiger partial charge in [-0.1, -0.05) is 17.7 Å². The standard InChI is InChI=1S/C16H26ClN3O3.HI/c1-18-16(20-8-9-23-11-10-21-2)19-7-6-13-4-5-14(22-3)12-15(13)17;/h4-5,12H,6-11H2,1-3H3,(H2,18,19,20);1H. The second kappa shape index (κ2) is 14.6. The fourth-order valence-corrected chi connectivity index (χ4v) is 2.14. The van der Waals surface area contributed by atoms with Crippen molar-refractivity contribution >= 4 is 41.5 Å². The van der Waals surface area contributed by atoms with Crippen molar-refractivity contribution in [1.82, 2.24) is 10.6 Å². The molecule has 0 saturated heterocycles. The largest absolute Gasteiger partial charge is 0.497 e. The lowest BCUT2D eigenvalue weighted by Crippen LogP contribution is -2.39. The van der Waals surface area contributed by atoms with Crippen LogP contribution in [0, 0.1) is 0 Å². The van der Waals surface area contributed by atoms with Gasteiger partial charge in [-0.25, -0.2) is 0 Å². The smallest absolute Gasteiger partial charge is 0.191 e. The van der Waals surface area contributed by atoms with E-state index in [-0.39, 0.29) is 24.0 Å². The van der Waals surface area contributed by atoms with Gasteiger partial charge in [-0.3, -0.25) is 4.99 Å². The van der Waals surface area contributed by atoms with Crippen LogP contribution >= 0.6 is 35.6 Å². The molecule has 0 aliphatic heterocycles. The number of halogens is 2. The minimum Gasteiger partial charge on any atom is -0.497 e. The third-order valence-electron chi connectivity index (χ3n) is 3.14. The lowest BCUT2D eigenvalue weighted by molar-refractivity contribution is 0.0733. The molecule has 24 heavy (non-hydrogen) atoms. The first kappa shape index (κ1) is 23.2. The Kier molecular flexibility index (Phi) is 14.1. The van der Waals surface area contributed by atoms with Crippen LogP contribution in [0.15, 0.2) is 23.2 Å². The van der Waals surface area contributed by atoms with Gasteiger partial charge in [-0.15, -0.1) is 24.0 Å². The molecule has 138 valence electrons. The second-order valence-electron chi connectivity index (χ2n) is 4.74. The molecule has 1 rings (SSSR count). The third-order valence-corrected chi connectivity index (χ3v) is 3.49. The SMILES string of the molecule is CN=C(NCCOCCOC)NCCc1ccc(OC)cc1Cl.I. The molecule has 0 heterocycles. The van der Waals surface area contributed by atoms with Gasteiger partial charge in [0.05, 0.1) is 26.9 Å². The van der Waals surface area contributed by atoms with Crippen LogP contribution in [0.2, 0.25) is 5.02 Å². The summed E-state index contributed by atoms with van der Waals surface area (Å²) in [6.45, 7) is 3.23. The average molecular weight is 472 g/mol. The molecule has 0 atom stereocenters. The summed E-state index contributed by atoms with van der Waals surface area (Å²) in [5.74, 6) is 1.50. The molecule has 0 spiro atoms. The van der Waals surface area contributed by atoms with Crippen molar-refractivity contribution in [3.05, 3.63) is 28.8 Å². The van der Waals surface area contributed by atoms with Gasteiger partial charge in [0.25, 0.3) is 0 Å². The predicted molar refractivity (Wildman–Crippen MR) is 109 cm³/mol. The van der Waals surface area contributed by atoms with E-state index in [4.69, 9.17) is 25.8 Å². The number of guanidine groups is 1. The molecule has 6 nitrogen and oxygen atoms in total. The average Bonchev–Trinajstić information content (AvgIpc) is 2.57. The quantitative estimate of drug-likeness (QED) is 0.237. The molecule has 8 heteroatoms. The van der Waals surface area contributed by atoms with Crippen LogP contribution in [0.1, 0.15) is 5.56 Å². The Labute approximate surface area is 166 Å². The van der Waals surface area contributed by atoms with Crippen molar-refractivity contribution in [3.63, 3.8) is 0 Å². The fourth-order valence-electron chi connectivity index (χ4n) is 1.88. The van der Waals surface area contributed by atoms with Crippen molar-refractivity contribution in [2.75, 3.05) is 54.2 Å². The molecular weight excluding hydrogens is 445 g/mol. The van der Waals surface area contributed by atoms with Crippen LogP contribution in [0.5, 0.6) is 5.75 Å². The van der Waals surface area contributed by atoms with Crippen LogP contribution in [0.3, 0.4) is 0 Å². The van der Waals surface area contributed by atoms with Gasteiger partial charge in [0, 0.05) is 32.3 Å². The zero-order valence-corrected chi connectivity index (χ0v) is 17.5. The van der Waals surface area contributed by atoms with Crippen LogP contribution in [-0.4, -0.2) is 60.1 Å². The molecule has 0 aliphatic rings. The Morgan fingerprint density at radius 3 is 2.50 bits per heavy atom. The lowest BCUT2D eigenvalue weighted by atomic mass is 10.1. The summed E-state index contributed by atoms with van der Waals surface area (Å²) >= 11 is 6.22. The first-order valence-corrected chi connectivity index (χ1v) is 7.92. The molecular formula is C16H27ClIN3O3. The van der Waals surface area contributed by atoms with Crippen molar-refractivity contribution < 1.29 is 14.2 Å². The van der Waals surface area contributed by atoms with Crippen LogP contribution in [0.25, 0.3) is 0 Å². The van der Waals surface area contributed by atoms with Crippen molar-refractivity contribution in [2.45, 2.75) is 6.42 Å². The van der Waals surface area contributed by atoms with E-state index in [1.807, 2.05) is 18.2 Å². The monoisotopic (exact) mass is 471 g/mol. The Morgan fingerprint density at radius 2 is 1.88 bits per heavy atom. The van der Waals surface area contributed by atoms with Crippen LogP contribution in [-0.2, 0) is 15.9 Å². The third kappa shape index (κ3) is 9.51. The van der Waals surface area contributed by atoms with E-state index < -0.39 is 0 Å². The summed E-state index contributed by atoms with van der Waals surface area (Å²) in [6.07, 6.45) is 0.799. The Balaban J connectivity index is 0.00000529. The summed E-state index contributed by atoms with van der Waals surface area (Å²) in [6, 6.07) is 5.70. The van der Waals surface area contributed by atoms with Crippen molar-refractivity contribution in [3.8, 4) is 5.75 Å². The molecule has 2 N–H and O–H groups in total. The number of nitrogens with one attached hydrogen (secondary N) is 2. The highest BCUT2D eigenvalue weighted by Crippen LogP contribution is 2.22. The van der Waals surface area contributed by atoms with E-state index >= 15 is 0 Å². The molecule has 0 radical (unpaired) electrons. The zero-order valence-electron chi connectivity index (χ0n) is 14.4. The number of methoxy groups -OCH3 is 2. The van der Waals surface area contributed by atoms with Gasteiger partial charge in [-0.2, -0.15) is 0 Å². The first-order valence-electron chi connectivity index (χ1n) is 7.55. The second-order valence-corrected chi connectivity index (χ2v) is 5.15. The highest BCUT2D eigenvalue weighted by atomic mass is 127. The maximum absolute atomic E-state index is 6.22. The van der Waals surface area contributed by atoms with Crippen LogP contribution in [0.4, 0.5) is 0 Å². The molecule has 0 bridgehead atoms. The van der Waals surface area contributed by atoms with Gasteiger partial charge in [0.15, 0.2) is 5.96 Å². The van der Waals surface area contributed by atoms with Crippen LogP contribution < -0.4 is 15.4 Å². The molecule has 0 amide bonds. The topological polar surface area (TPSA) is 64.1 Å². The minimum absolute atomic E-state index is 0. The molecule has 0 aliphatic carbocycles. The summed E-state index contributed by atoms with van der Waals surface area (Å²) < 4.78 is 15.4. The van der Waals surface area contributed by atoms with E-state index in [1.165, 1.54) is 0 Å². The molecule has 0 unspecified atom stereocenters. The fraction of sp³-hybridized carbons (Fsp3) is 0.562. The Hall–Kier alpha value is -0.770. The van der Waals surface area contributed by atoms with E-state index in [0.29, 0.717) is 31.4 Å². The van der Waals surface area contributed by atoms with E-state index in [0.717, 1.165) is 30.2 Å². The highest BCUT2D eigenvalue weighted by Gasteiger charge is 2.03. The summed E-state index contributed by atoms with van der Waals surface area (Å²) in [5, 5.41) is 7.14. The first-order chi connectivity index (χ1) is 11.2. The normalized spacial score (nSPS) is 10.9. The van der Waals surface area contributed by atoms with E-state index in [2.05, 4.69) is 15.6 Å². The number of hydrogen-bond acceptors (Lipinski definition) is 4. The number of rotatable bonds is 10. The van der Waals surface area contributed by atoms with Crippen molar-refractivity contribution in [1.29, 1.82) is 0 Å². The van der Waals surface area contributed by atoms with Gasteiger partial charge >= 0.3 is 0 Å². The Bertz CT molecular complexity index is 490. The van der Waals surface area contributed by atoms with Gasteiger partial charge in [-0.05, 0) is 24.1 Å². The lowest BCUT2D eigenvalue weighted by Gasteiger charge is -2.12. The van der Waals surface area contributed by atoms with Gasteiger partial charge in [0.1, 0.15) is 5.75 Å². The number of aliphatic imine (C=N–C) groups is 1. The molecule has 0 fully saturated rings. The maximum atomic E-state index is 6.22. The number of nitrogens with zero attached hydrogens (tertiary/aromatic N) is 1. The molecule has 1 aromatic rings. The van der Waals surface area contributed by atoms with Gasteiger partial charge < -0.3 is 24.8 Å². The van der Waals surface area contributed by atoms with Gasteiger partial charge in [0.2, 0.25) is 0 Å². The maximum Gasteiger partial charge on any atom is 0.191 e. The number of ether oxygens (including phenoxy) is 3. The number of hydrogen-bond donors (Lipinski definition) is 2.